The van der Waals surface area contributed by atoms with Crippen molar-refractivity contribution in [3.63, 3.8) is 0 Å². The van der Waals surface area contributed by atoms with Crippen molar-refractivity contribution in [1.82, 2.24) is 5.06 Å². The molecule has 1 aliphatic rings. The van der Waals surface area contributed by atoms with Gasteiger partial charge in [-0.05, 0) is 13.3 Å². The minimum absolute atomic E-state index is 0.0752. The van der Waals surface area contributed by atoms with Gasteiger partial charge in [0.2, 0.25) is 0 Å². The third-order valence-corrected chi connectivity index (χ3v) is 2.95. The molecule has 6 nitrogen and oxygen atoms in total. The van der Waals surface area contributed by atoms with Gasteiger partial charge < -0.3 is 0 Å². The van der Waals surface area contributed by atoms with Crippen molar-refractivity contribution < 1.29 is 23.0 Å². The number of rotatable bonds is 1. The van der Waals surface area contributed by atoms with Crippen LogP contribution in [0.5, 0.6) is 0 Å². The first kappa shape index (κ1) is 9.43. The lowest BCUT2D eigenvalue weighted by Gasteiger charge is -2.10. The highest BCUT2D eigenvalue weighted by atomic mass is 32.2. The van der Waals surface area contributed by atoms with E-state index >= 15 is 0 Å². The Morgan fingerprint density at radius 2 is 2.08 bits per heavy atom. The van der Waals surface area contributed by atoms with Crippen LogP contribution in [-0.4, -0.2) is 40.4 Å². The van der Waals surface area contributed by atoms with Gasteiger partial charge in [-0.2, -0.15) is 8.42 Å². The van der Waals surface area contributed by atoms with E-state index in [9.17, 15) is 13.2 Å². The topological polar surface area (TPSA) is 94.9 Å². The Labute approximate surface area is 69.5 Å². The molecule has 0 saturated carbocycles. The molecule has 1 rings (SSSR count). The van der Waals surface area contributed by atoms with E-state index in [4.69, 9.17) is 9.76 Å². The molecule has 0 spiro atoms. The van der Waals surface area contributed by atoms with Gasteiger partial charge in [0.25, 0.3) is 16.0 Å². The molecule has 1 aliphatic heterocycles. The average Bonchev–Trinajstić information content (AvgIpc) is 2.15. The Kier molecular flexibility index (Phi) is 2.11. The normalized spacial score (nSPS) is 31.2. The largest absolute Gasteiger partial charge is 0.286 e. The predicted octanol–water partition coefficient (Wildman–Crippen LogP) is -0.747. The van der Waals surface area contributed by atoms with Gasteiger partial charge in [-0.3, -0.25) is 14.6 Å². The first-order valence-corrected chi connectivity index (χ1v) is 4.82. The van der Waals surface area contributed by atoms with Crippen LogP contribution in [0.3, 0.4) is 0 Å². The second-order valence-electron chi connectivity index (χ2n) is 2.77. The maximum atomic E-state index is 10.9. The number of carbonyl (C=O) groups excluding carboxylic acids is 1. The van der Waals surface area contributed by atoms with Crippen molar-refractivity contribution in [3.05, 3.63) is 0 Å². The Bertz CT molecular complexity index is 297. The first-order valence-electron chi connectivity index (χ1n) is 3.32. The molecule has 0 aliphatic carbocycles. The van der Waals surface area contributed by atoms with Gasteiger partial charge in [-0.1, -0.05) is 0 Å². The fraction of sp³-hybridized carbons (Fsp3) is 0.800. The lowest BCUT2D eigenvalue weighted by Crippen LogP contribution is -2.32. The van der Waals surface area contributed by atoms with Crippen LogP contribution in [0, 0.1) is 0 Å². The van der Waals surface area contributed by atoms with Crippen LogP contribution in [-0.2, 0) is 14.9 Å². The zero-order valence-electron chi connectivity index (χ0n) is 6.34. The standard InChI is InChI=1S/C5H9NO5S/c1-3-2-4(12(9,10)11)5(7)6(3)8/h3-4,8H,2H2,1H3,(H,9,10,11). The molecule has 0 radical (unpaired) electrons. The predicted molar refractivity (Wildman–Crippen MR) is 38.0 cm³/mol. The summed E-state index contributed by atoms with van der Waals surface area (Å²) >= 11 is 0. The maximum absolute atomic E-state index is 10.9. The summed E-state index contributed by atoms with van der Waals surface area (Å²) in [6, 6.07) is -0.565. The van der Waals surface area contributed by atoms with Crippen LogP contribution in [0.2, 0.25) is 0 Å². The van der Waals surface area contributed by atoms with Gasteiger partial charge in [0, 0.05) is 0 Å². The molecule has 7 heteroatoms. The van der Waals surface area contributed by atoms with Gasteiger partial charge in [0.1, 0.15) is 0 Å². The van der Waals surface area contributed by atoms with Crippen molar-refractivity contribution in [1.29, 1.82) is 0 Å². The molecule has 2 unspecified atom stereocenters. The molecule has 0 bridgehead atoms. The minimum Gasteiger partial charge on any atom is -0.286 e. The number of hydrogen-bond acceptors (Lipinski definition) is 4. The summed E-state index contributed by atoms with van der Waals surface area (Å²) in [4.78, 5) is 10.9. The molecular formula is C5H9NO5S. The Hall–Kier alpha value is -0.660. The van der Waals surface area contributed by atoms with Gasteiger partial charge >= 0.3 is 0 Å². The van der Waals surface area contributed by atoms with Crippen molar-refractivity contribution >= 4 is 16.0 Å². The summed E-state index contributed by atoms with van der Waals surface area (Å²) in [6.07, 6.45) is -0.0752. The van der Waals surface area contributed by atoms with Gasteiger partial charge in [-0.15, -0.1) is 0 Å². The Balaban J connectivity index is 2.93. The highest BCUT2D eigenvalue weighted by molar-refractivity contribution is 7.87. The van der Waals surface area contributed by atoms with E-state index in [1.165, 1.54) is 6.92 Å². The molecule has 12 heavy (non-hydrogen) atoms. The molecule has 70 valence electrons. The number of nitrogens with zero attached hydrogens (tertiary/aromatic N) is 1. The van der Waals surface area contributed by atoms with Crippen LogP contribution < -0.4 is 0 Å². The quantitative estimate of drug-likeness (QED) is 0.424. The van der Waals surface area contributed by atoms with Crippen LogP contribution >= 0.6 is 0 Å². The second kappa shape index (κ2) is 2.68. The fourth-order valence-electron chi connectivity index (χ4n) is 1.12. The smallest absolute Gasteiger partial charge is 0.277 e. The van der Waals surface area contributed by atoms with E-state index in [1.807, 2.05) is 0 Å². The molecule has 2 atom stereocenters. The van der Waals surface area contributed by atoms with Crippen LogP contribution in [0.15, 0.2) is 0 Å². The fourth-order valence-corrected chi connectivity index (χ4v) is 2.01. The highest BCUT2D eigenvalue weighted by Gasteiger charge is 2.44. The average molecular weight is 195 g/mol. The van der Waals surface area contributed by atoms with E-state index < -0.39 is 27.3 Å². The first-order chi connectivity index (χ1) is 5.34. The Morgan fingerprint density at radius 3 is 2.25 bits per heavy atom. The summed E-state index contributed by atoms with van der Waals surface area (Å²) in [6.45, 7) is 1.49. The summed E-state index contributed by atoms with van der Waals surface area (Å²) < 4.78 is 29.6. The molecule has 1 saturated heterocycles. The second-order valence-corrected chi connectivity index (χ2v) is 4.37. The van der Waals surface area contributed by atoms with Gasteiger partial charge in [-0.25, -0.2) is 5.06 Å². The number of amides is 1. The highest BCUT2D eigenvalue weighted by Crippen LogP contribution is 2.21. The van der Waals surface area contributed by atoms with Crippen molar-refractivity contribution in [2.45, 2.75) is 24.6 Å². The minimum atomic E-state index is -4.37. The zero-order chi connectivity index (χ0) is 9.52. The maximum Gasteiger partial charge on any atom is 0.277 e. The molecule has 0 aromatic heterocycles. The number of hydroxylamine groups is 2. The third kappa shape index (κ3) is 1.43. The van der Waals surface area contributed by atoms with E-state index in [0.717, 1.165) is 0 Å². The zero-order valence-corrected chi connectivity index (χ0v) is 7.15. The van der Waals surface area contributed by atoms with E-state index in [1.54, 1.807) is 0 Å². The van der Waals surface area contributed by atoms with Crippen molar-refractivity contribution in [2.75, 3.05) is 0 Å². The molecular weight excluding hydrogens is 186 g/mol. The molecule has 1 fully saturated rings. The van der Waals surface area contributed by atoms with Gasteiger partial charge in [0.15, 0.2) is 5.25 Å². The van der Waals surface area contributed by atoms with Crippen molar-refractivity contribution in [3.8, 4) is 0 Å². The number of carbonyl (C=O) groups is 1. The molecule has 0 aromatic rings. The number of hydrogen-bond donors (Lipinski definition) is 2. The van der Waals surface area contributed by atoms with Crippen molar-refractivity contribution in [2.24, 2.45) is 0 Å². The van der Waals surface area contributed by atoms with Crippen LogP contribution in [0.4, 0.5) is 0 Å². The molecule has 0 aromatic carbocycles. The SMILES string of the molecule is CC1CC(S(=O)(=O)O)C(=O)N1O. The summed E-state index contributed by atoms with van der Waals surface area (Å²) in [7, 11) is -4.37. The monoisotopic (exact) mass is 195 g/mol. The third-order valence-electron chi connectivity index (χ3n) is 1.83. The van der Waals surface area contributed by atoms with E-state index in [0.29, 0.717) is 5.06 Å². The summed E-state index contributed by atoms with van der Waals surface area (Å²) in [5.74, 6) is -0.968. The van der Waals surface area contributed by atoms with Crippen LogP contribution in [0.1, 0.15) is 13.3 Å². The molecule has 1 amide bonds. The molecule has 2 N–H and O–H groups in total. The molecule has 1 heterocycles. The van der Waals surface area contributed by atoms with E-state index in [-0.39, 0.29) is 6.42 Å². The Morgan fingerprint density at radius 1 is 1.58 bits per heavy atom. The summed E-state index contributed by atoms with van der Waals surface area (Å²) in [5.41, 5.74) is 0. The van der Waals surface area contributed by atoms with E-state index in [2.05, 4.69) is 0 Å². The van der Waals surface area contributed by atoms with Gasteiger partial charge in [0.05, 0.1) is 6.04 Å². The lowest BCUT2D eigenvalue weighted by atomic mass is 10.2. The van der Waals surface area contributed by atoms with Crippen LogP contribution in [0.25, 0.3) is 0 Å². The lowest BCUT2D eigenvalue weighted by molar-refractivity contribution is -0.163. The summed E-state index contributed by atoms with van der Waals surface area (Å²) in [5, 5.41) is 7.74.